The number of hydrogen-bond donors (Lipinski definition) is 1. The van der Waals surface area contributed by atoms with Crippen molar-refractivity contribution in [1.82, 2.24) is 9.78 Å². The fourth-order valence-corrected chi connectivity index (χ4v) is 2.64. The van der Waals surface area contributed by atoms with Crippen LogP contribution in [0.2, 0.25) is 5.02 Å². The van der Waals surface area contributed by atoms with Crippen molar-refractivity contribution in [1.29, 1.82) is 0 Å². The maximum atomic E-state index is 6.32. The van der Waals surface area contributed by atoms with Crippen molar-refractivity contribution in [2.24, 2.45) is 7.05 Å². The molecule has 19 heavy (non-hydrogen) atoms. The van der Waals surface area contributed by atoms with Crippen molar-refractivity contribution in [3.05, 3.63) is 44.6 Å². The minimum absolute atomic E-state index is 0.665. The molecule has 0 fully saturated rings. The average molecular weight is 343 g/mol. The van der Waals surface area contributed by atoms with Gasteiger partial charge in [0, 0.05) is 17.2 Å². The van der Waals surface area contributed by atoms with Gasteiger partial charge >= 0.3 is 0 Å². The van der Waals surface area contributed by atoms with Crippen molar-refractivity contribution < 1.29 is 0 Å². The average Bonchev–Trinajstić information content (AvgIpc) is 2.66. The number of aromatic nitrogens is 2. The van der Waals surface area contributed by atoms with Gasteiger partial charge in [-0.3, -0.25) is 4.68 Å². The van der Waals surface area contributed by atoms with E-state index >= 15 is 0 Å². The van der Waals surface area contributed by atoms with Gasteiger partial charge in [-0.1, -0.05) is 40.5 Å². The molecule has 1 heterocycles. The lowest BCUT2D eigenvalue weighted by molar-refractivity contribution is 0.707. The fourth-order valence-electron chi connectivity index (χ4n) is 1.90. The summed E-state index contributed by atoms with van der Waals surface area (Å²) in [7, 11) is 1.92. The fraction of sp³-hybridized carbons (Fsp3) is 0.357. The quantitative estimate of drug-likeness (QED) is 0.897. The van der Waals surface area contributed by atoms with E-state index in [1.807, 2.05) is 11.7 Å². The number of rotatable bonds is 4. The van der Waals surface area contributed by atoms with Crippen molar-refractivity contribution >= 4 is 33.2 Å². The van der Waals surface area contributed by atoms with Crippen LogP contribution in [0.5, 0.6) is 0 Å². The highest BCUT2D eigenvalue weighted by molar-refractivity contribution is 9.10. The summed E-state index contributed by atoms with van der Waals surface area (Å²) in [6.07, 6.45) is 0.850. The minimum atomic E-state index is 0.665. The van der Waals surface area contributed by atoms with Gasteiger partial charge in [0.2, 0.25) is 0 Å². The smallest absolute Gasteiger partial charge is 0.0868 e. The Labute approximate surface area is 127 Å². The highest BCUT2D eigenvalue weighted by Crippen LogP contribution is 2.24. The van der Waals surface area contributed by atoms with E-state index in [-0.39, 0.29) is 0 Å². The molecule has 0 aliphatic rings. The van der Waals surface area contributed by atoms with Gasteiger partial charge in [-0.15, -0.1) is 0 Å². The first-order valence-corrected chi connectivity index (χ1v) is 7.40. The van der Waals surface area contributed by atoms with Gasteiger partial charge in [0.25, 0.3) is 0 Å². The van der Waals surface area contributed by atoms with Gasteiger partial charge in [-0.05, 0) is 31.0 Å². The molecule has 0 radical (unpaired) electrons. The van der Waals surface area contributed by atoms with Gasteiger partial charge in [0.05, 0.1) is 23.0 Å². The van der Waals surface area contributed by atoms with Gasteiger partial charge in [0.15, 0.2) is 0 Å². The van der Waals surface area contributed by atoms with Crippen LogP contribution in [0.4, 0.5) is 5.69 Å². The van der Waals surface area contributed by atoms with E-state index in [0.717, 1.165) is 33.0 Å². The third kappa shape index (κ3) is 3.12. The second kappa shape index (κ2) is 5.97. The van der Waals surface area contributed by atoms with E-state index in [1.165, 1.54) is 5.56 Å². The van der Waals surface area contributed by atoms with Crippen LogP contribution >= 0.6 is 27.5 Å². The molecular weight excluding hydrogens is 326 g/mol. The summed E-state index contributed by atoms with van der Waals surface area (Å²) in [6.45, 7) is 4.79. The standard InChI is InChI=1S/C14H17BrClN3/c1-4-12-14(16)13(19(3)18-12)8-17-10-6-5-9(2)11(15)7-10/h5-7,17H,4,8H2,1-3H3. The van der Waals surface area contributed by atoms with Crippen LogP contribution in [0.25, 0.3) is 0 Å². The van der Waals surface area contributed by atoms with Crippen LogP contribution in [0, 0.1) is 6.92 Å². The summed E-state index contributed by atoms with van der Waals surface area (Å²) in [5.74, 6) is 0. The molecule has 0 atom stereocenters. The Kier molecular flexibility index (Phi) is 4.53. The molecule has 0 amide bonds. The van der Waals surface area contributed by atoms with Crippen LogP contribution < -0.4 is 5.32 Å². The predicted octanol–water partition coefficient (Wildman–Crippen LogP) is 4.32. The summed E-state index contributed by atoms with van der Waals surface area (Å²) in [4.78, 5) is 0. The first-order valence-electron chi connectivity index (χ1n) is 6.23. The predicted molar refractivity (Wildman–Crippen MR) is 83.8 cm³/mol. The molecule has 2 rings (SSSR count). The normalized spacial score (nSPS) is 10.8. The summed E-state index contributed by atoms with van der Waals surface area (Å²) >= 11 is 9.85. The van der Waals surface area contributed by atoms with E-state index in [1.54, 1.807) is 0 Å². The summed E-state index contributed by atoms with van der Waals surface area (Å²) < 4.78 is 2.94. The number of anilines is 1. The third-order valence-electron chi connectivity index (χ3n) is 3.13. The van der Waals surface area contributed by atoms with Crippen LogP contribution in [0.15, 0.2) is 22.7 Å². The lowest BCUT2D eigenvalue weighted by atomic mass is 10.2. The topological polar surface area (TPSA) is 29.9 Å². The van der Waals surface area contributed by atoms with Gasteiger partial charge < -0.3 is 5.32 Å². The molecule has 1 aromatic carbocycles. The zero-order valence-electron chi connectivity index (χ0n) is 11.3. The third-order valence-corrected chi connectivity index (χ3v) is 4.43. The van der Waals surface area contributed by atoms with Crippen LogP contribution in [0.1, 0.15) is 23.9 Å². The summed E-state index contributed by atoms with van der Waals surface area (Å²) in [5, 5.41) is 8.55. The zero-order valence-corrected chi connectivity index (χ0v) is 13.6. The number of benzene rings is 1. The van der Waals surface area contributed by atoms with E-state index in [0.29, 0.717) is 6.54 Å². The van der Waals surface area contributed by atoms with Crippen LogP contribution in [-0.4, -0.2) is 9.78 Å². The largest absolute Gasteiger partial charge is 0.379 e. The van der Waals surface area contributed by atoms with Gasteiger partial charge in [-0.25, -0.2) is 0 Å². The van der Waals surface area contributed by atoms with Gasteiger partial charge in [0.1, 0.15) is 0 Å². The maximum Gasteiger partial charge on any atom is 0.0868 e. The Morgan fingerprint density at radius 1 is 1.42 bits per heavy atom. The Balaban J connectivity index is 2.14. The molecule has 0 saturated heterocycles. The lowest BCUT2D eigenvalue weighted by Gasteiger charge is -2.08. The molecule has 1 aromatic heterocycles. The lowest BCUT2D eigenvalue weighted by Crippen LogP contribution is -2.06. The number of nitrogens with one attached hydrogen (secondary N) is 1. The molecule has 0 bridgehead atoms. The maximum absolute atomic E-state index is 6.32. The molecule has 5 heteroatoms. The Bertz CT molecular complexity index is 593. The van der Waals surface area contributed by atoms with Crippen molar-refractivity contribution in [3.63, 3.8) is 0 Å². The molecule has 0 unspecified atom stereocenters. The second-order valence-corrected chi connectivity index (χ2v) is 5.73. The van der Waals surface area contributed by atoms with Crippen LogP contribution in [-0.2, 0) is 20.0 Å². The Hall–Kier alpha value is -1.000. The van der Waals surface area contributed by atoms with E-state index in [9.17, 15) is 0 Å². The highest BCUT2D eigenvalue weighted by atomic mass is 79.9. The van der Waals surface area contributed by atoms with E-state index in [4.69, 9.17) is 11.6 Å². The van der Waals surface area contributed by atoms with Gasteiger partial charge in [-0.2, -0.15) is 5.10 Å². The molecule has 3 nitrogen and oxygen atoms in total. The van der Waals surface area contributed by atoms with Crippen molar-refractivity contribution in [2.45, 2.75) is 26.8 Å². The summed E-state index contributed by atoms with van der Waals surface area (Å²) in [6, 6.07) is 6.21. The molecule has 0 aliphatic carbocycles. The zero-order chi connectivity index (χ0) is 14.0. The highest BCUT2D eigenvalue weighted by Gasteiger charge is 2.12. The SMILES string of the molecule is CCc1nn(C)c(CNc2ccc(C)c(Br)c2)c1Cl. The number of hydrogen-bond acceptors (Lipinski definition) is 2. The molecule has 0 spiro atoms. The number of aryl methyl sites for hydroxylation is 3. The molecule has 0 saturated carbocycles. The molecular formula is C14H17BrClN3. The number of halogens is 2. The first kappa shape index (κ1) is 14.4. The summed E-state index contributed by atoms with van der Waals surface area (Å²) in [5.41, 5.74) is 4.24. The first-order chi connectivity index (χ1) is 9.02. The minimum Gasteiger partial charge on any atom is -0.379 e. The monoisotopic (exact) mass is 341 g/mol. The molecule has 102 valence electrons. The second-order valence-electron chi connectivity index (χ2n) is 4.50. The van der Waals surface area contributed by atoms with Crippen molar-refractivity contribution in [3.8, 4) is 0 Å². The van der Waals surface area contributed by atoms with E-state index in [2.05, 4.69) is 58.4 Å². The van der Waals surface area contributed by atoms with E-state index < -0.39 is 0 Å². The molecule has 0 aliphatic heterocycles. The van der Waals surface area contributed by atoms with Crippen molar-refractivity contribution in [2.75, 3.05) is 5.32 Å². The Morgan fingerprint density at radius 2 is 2.16 bits per heavy atom. The number of nitrogens with zero attached hydrogens (tertiary/aromatic N) is 2. The Morgan fingerprint density at radius 3 is 2.74 bits per heavy atom. The van der Waals surface area contributed by atoms with Crippen LogP contribution in [0.3, 0.4) is 0 Å². The molecule has 1 N–H and O–H groups in total. The molecule has 2 aromatic rings.